The third-order valence-electron chi connectivity index (χ3n) is 4.91. The van der Waals surface area contributed by atoms with Crippen molar-refractivity contribution in [1.29, 1.82) is 0 Å². The van der Waals surface area contributed by atoms with Gasteiger partial charge in [0.2, 0.25) is 5.91 Å². The van der Waals surface area contributed by atoms with Crippen molar-refractivity contribution >= 4 is 17.7 Å². The Morgan fingerprint density at radius 2 is 1.91 bits per heavy atom. The van der Waals surface area contributed by atoms with Crippen LogP contribution < -0.4 is 11.1 Å². The van der Waals surface area contributed by atoms with Gasteiger partial charge in [-0.25, -0.2) is 0 Å². The summed E-state index contributed by atoms with van der Waals surface area (Å²) in [5.41, 5.74) is 8.29. The molecule has 2 fully saturated rings. The van der Waals surface area contributed by atoms with Crippen LogP contribution in [0.15, 0.2) is 24.3 Å². The van der Waals surface area contributed by atoms with Crippen LogP contribution in [0.5, 0.6) is 0 Å². The molecule has 0 unspecified atom stereocenters. The van der Waals surface area contributed by atoms with Crippen molar-refractivity contribution in [3.63, 3.8) is 0 Å². The van der Waals surface area contributed by atoms with Crippen molar-refractivity contribution in [2.45, 2.75) is 55.7 Å². The van der Waals surface area contributed by atoms with Crippen LogP contribution in [0, 0.1) is 0 Å². The van der Waals surface area contributed by atoms with Crippen LogP contribution in [0.1, 0.15) is 60.8 Å². The summed E-state index contributed by atoms with van der Waals surface area (Å²) in [5.74, 6) is 1.79. The molecular formula is C18H26N2OS. The predicted octanol–water partition coefficient (Wildman–Crippen LogP) is 3.36. The Bertz CT molecular complexity index is 514. The molecule has 22 heavy (non-hydrogen) atoms. The maximum atomic E-state index is 12.5. The lowest BCUT2D eigenvalue weighted by atomic mass is 9.83. The van der Waals surface area contributed by atoms with E-state index >= 15 is 0 Å². The van der Waals surface area contributed by atoms with E-state index in [0.29, 0.717) is 12.5 Å². The number of nitrogens with two attached hydrogens (primary N) is 1. The molecule has 1 saturated heterocycles. The standard InChI is InChI=1S/C18H26N2OS/c19-12-16-9-10-22-17(18(21)20-16)15-8-4-7-14(11-15)13-5-2-1-3-6-13/h4,7-8,11,13,16-17H,1-3,5-6,9-10,12,19H2,(H,20,21)/t16-,17+/m0/s1. The zero-order chi connectivity index (χ0) is 15.4. The van der Waals surface area contributed by atoms with E-state index in [-0.39, 0.29) is 17.2 Å². The Kier molecular flexibility index (Phi) is 5.42. The average Bonchev–Trinajstić information content (AvgIpc) is 2.77. The van der Waals surface area contributed by atoms with Gasteiger partial charge in [-0.3, -0.25) is 4.79 Å². The molecule has 1 aromatic carbocycles. The summed E-state index contributed by atoms with van der Waals surface area (Å²) in [4.78, 5) is 12.5. The molecule has 1 aromatic rings. The van der Waals surface area contributed by atoms with Gasteiger partial charge in [0.15, 0.2) is 0 Å². The Morgan fingerprint density at radius 3 is 2.68 bits per heavy atom. The highest BCUT2D eigenvalue weighted by atomic mass is 32.2. The first-order valence-corrected chi connectivity index (χ1v) is 9.54. The third-order valence-corrected chi connectivity index (χ3v) is 6.20. The highest BCUT2D eigenvalue weighted by Gasteiger charge is 2.27. The molecule has 2 atom stereocenters. The van der Waals surface area contributed by atoms with Crippen LogP contribution in [0.2, 0.25) is 0 Å². The normalized spacial score (nSPS) is 27.2. The number of benzene rings is 1. The lowest BCUT2D eigenvalue weighted by Crippen LogP contribution is -2.40. The summed E-state index contributed by atoms with van der Waals surface area (Å²) >= 11 is 1.75. The second-order valence-electron chi connectivity index (χ2n) is 6.49. The Hall–Kier alpha value is -1.00. The van der Waals surface area contributed by atoms with Crippen molar-refractivity contribution in [2.24, 2.45) is 5.73 Å². The fourth-order valence-electron chi connectivity index (χ4n) is 3.59. The summed E-state index contributed by atoms with van der Waals surface area (Å²) in [7, 11) is 0. The minimum Gasteiger partial charge on any atom is -0.351 e. The second-order valence-corrected chi connectivity index (χ2v) is 7.70. The smallest absolute Gasteiger partial charge is 0.237 e. The number of rotatable bonds is 3. The largest absolute Gasteiger partial charge is 0.351 e. The minimum absolute atomic E-state index is 0.0832. The minimum atomic E-state index is -0.0832. The first-order chi connectivity index (χ1) is 10.8. The second kappa shape index (κ2) is 7.51. The van der Waals surface area contributed by atoms with E-state index < -0.39 is 0 Å². The van der Waals surface area contributed by atoms with Crippen LogP contribution in [-0.4, -0.2) is 24.2 Å². The van der Waals surface area contributed by atoms with Gasteiger partial charge in [-0.05, 0) is 42.1 Å². The van der Waals surface area contributed by atoms with Gasteiger partial charge in [0.25, 0.3) is 0 Å². The molecule has 2 aliphatic rings. The van der Waals surface area contributed by atoms with Crippen LogP contribution in [0.25, 0.3) is 0 Å². The molecule has 3 N–H and O–H groups in total. The quantitative estimate of drug-likeness (QED) is 0.898. The summed E-state index contributed by atoms with van der Waals surface area (Å²) in [5, 5.41) is 3.01. The summed E-state index contributed by atoms with van der Waals surface area (Å²) in [6.07, 6.45) is 7.60. The van der Waals surface area contributed by atoms with Crippen molar-refractivity contribution in [2.75, 3.05) is 12.3 Å². The number of carbonyl (C=O) groups excluding carboxylic acids is 1. The highest BCUT2D eigenvalue weighted by molar-refractivity contribution is 8.00. The number of carbonyl (C=O) groups is 1. The van der Waals surface area contributed by atoms with Gasteiger partial charge in [-0.1, -0.05) is 43.5 Å². The monoisotopic (exact) mass is 318 g/mol. The van der Waals surface area contributed by atoms with Gasteiger partial charge in [0.1, 0.15) is 5.25 Å². The molecule has 1 aliphatic heterocycles. The van der Waals surface area contributed by atoms with Crippen molar-refractivity contribution in [3.8, 4) is 0 Å². The fourth-order valence-corrected chi connectivity index (χ4v) is 4.80. The molecule has 120 valence electrons. The van der Waals surface area contributed by atoms with Crippen molar-refractivity contribution < 1.29 is 4.79 Å². The molecule has 0 bridgehead atoms. The summed E-state index contributed by atoms with van der Waals surface area (Å²) in [6, 6.07) is 8.87. The van der Waals surface area contributed by atoms with Gasteiger partial charge >= 0.3 is 0 Å². The molecule has 1 amide bonds. The molecule has 0 spiro atoms. The topological polar surface area (TPSA) is 55.1 Å². The molecule has 1 aliphatic carbocycles. The molecule has 1 saturated carbocycles. The average molecular weight is 318 g/mol. The maximum Gasteiger partial charge on any atom is 0.237 e. The SMILES string of the molecule is NC[C@@H]1CCS[C@H](c2cccc(C3CCCCC3)c2)C(=O)N1. The Balaban J connectivity index is 1.77. The zero-order valence-corrected chi connectivity index (χ0v) is 13.9. The van der Waals surface area contributed by atoms with Gasteiger partial charge in [0, 0.05) is 12.6 Å². The van der Waals surface area contributed by atoms with Crippen molar-refractivity contribution in [3.05, 3.63) is 35.4 Å². The molecule has 3 rings (SSSR count). The molecule has 4 heteroatoms. The van der Waals surface area contributed by atoms with E-state index in [4.69, 9.17) is 5.73 Å². The van der Waals surface area contributed by atoms with Gasteiger partial charge in [-0.2, -0.15) is 0 Å². The van der Waals surface area contributed by atoms with Crippen LogP contribution >= 0.6 is 11.8 Å². The van der Waals surface area contributed by atoms with E-state index in [0.717, 1.165) is 17.7 Å². The molecule has 3 nitrogen and oxygen atoms in total. The van der Waals surface area contributed by atoms with E-state index in [2.05, 4.69) is 29.6 Å². The van der Waals surface area contributed by atoms with E-state index in [9.17, 15) is 4.79 Å². The predicted molar refractivity (Wildman–Crippen MR) is 93.1 cm³/mol. The summed E-state index contributed by atoms with van der Waals surface area (Å²) in [6.45, 7) is 0.529. The molecular weight excluding hydrogens is 292 g/mol. The van der Waals surface area contributed by atoms with Crippen molar-refractivity contribution in [1.82, 2.24) is 5.32 Å². The van der Waals surface area contributed by atoms with Gasteiger partial charge in [-0.15, -0.1) is 11.8 Å². The number of hydrogen-bond acceptors (Lipinski definition) is 3. The first kappa shape index (κ1) is 15.9. The molecule has 0 aromatic heterocycles. The molecule has 0 radical (unpaired) electrons. The fraction of sp³-hybridized carbons (Fsp3) is 0.611. The van der Waals surface area contributed by atoms with Crippen LogP contribution in [-0.2, 0) is 4.79 Å². The van der Waals surface area contributed by atoms with E-state index in [1.165, 1.54) is 37.7 Å². The number of hydrogen-bond donors (Lipinski definition) is 2. The maximum absolute atomic E-state index is 12.5. The van der Waals surface area contributed by atoms with Gasteiger partial charge in [0.05, 0.1) is 0 Å². The lowest BCUT2D eigenvalue weighted by molar-refractivity contribution is -0.121. The number of thioether (sulfide) groups is 1. The Labute approximate surface area is 137 Å². The third kappa shape index (κ3) is 3.66. The van der Waals surface area contributed by atoms with Gasteiger partial charge < -0.3 is 11.1 Å². The number of amides is 1. The van der Waals surface area contributed by atoms with E-state index in [1.807, 2.05) is 0 Å². The Morgan fingerprint density at radius 1 is 1.14 bits per heavy atom. The highest BCUT2D eigenvalue weighted by Crippen LogP contribution is 2.37. The zero-order valence-electron chi connectivity index (χ0n) is 13.1. The molecule has 1 heterocycles. The van der Waals surface area contributed by atoms with Crippen LogP contribution in [0.4, 0.5) is 0 Å². The first-order valence-electron chi connectivity index (χ1n) is 8.50. The van der Waals surface area contributed by atoms with E-state index in [1.54, 1.807) is 11.8 Å². The summed E-state index contributed by atoms with van der Waals surface area (Å²) < 4.78 is 0. The van der Waals surface area contributed by atoms with Crippen LogP contribution in [0.3, 0.4) is 0 Å². The number of nitrogens with one attached hydrogen (secondary N) is 1. The lowest BCUT2D eigenvalue weighted by Gasteiger charge is -2.23.